The largest absolute Gasteiger partial charge is 0.462 e. The van der Waals surface area contributed by atoms with Crippen LogP contribution in [0, 0.1) is 0 Å². The summed E-state index contributed by atoms with van der Waals surface area (Å²) in [6.07, 6.45) is 53.2. The van der Waals surface area contributed by atoms with Crippen LogP contribution in [0.2, 0.25) is 0 Å². The van der Waals surface area contributed by atoms with Gasteiger partial charge < -0.3 is 20.3 Å². The van der Waals surface area contributed by atoms with Gasteiger partial charge in [0.05, 0.1) is 25.2 Å². The van der Waals surface area contributed by atoms with Gasteiger partial charge in [-0.1, -0.05) is 230 Å². The first-order chi connectivity index (χ1) is 28.0. The van der Waals surface area contributed by atoms with Crippen molar-refractivity contribution in [1.82, 2.24) is 5.32 Å². The minimum Gasteiger partial charge on any atom is -0.462 e. The van der Waals surface area contributed by atoms with E-state index in [4.69, 9.17) is 4.74 Å². The first-order valence-corrected chi connectivity index (χ1v) is 24.4. The summed E-state index contributed by atoms with van der Waals surface area (Å²) in [5.74, 6) is -0.518. The number of amides is 1. The number of hydrogen-bond donors (Lipinski definition) is 3. The van der Waals surface area contributed by atoms with E-state index in [0.29, 0.717) is 19.3 Å². The Morgan fingerprint density at radius 2 is 0.947 bits per heavy atom. The van der Waals surface area contributed by atoms with Crippen LogP contribution < -0.4 is 5.32 Å². The zero-order valence-corrected chi connectivity index (χ0v) is 37.7. The molecule has 332 valence electrons. The van der Waals surface area contributed by atoms with Crippen LogP contribution in [0.5, 0.6) is 0 Å². The predicted octanol–water partition coefficient (Wildman–Crippen LogP) is 14.3. The fraction of sp³-hybridized carbons (Fsp3) is 0.804. The first kappa shape index (κ1) is 54.8. The number of esters is 1. The molecule has 0 heterocycles. The van der Waals surface area contributed by atoms with Gasteiger partial charge in [0.25, 0.3) is 0 Å². The molecule has 6 nitrogen and oxygen atoms in total. The van der Waals surface area contributed by atoms with E-state index in [1.165, 1.54) is 122 Å². The van der Waals surface area contributed by atoms with Crippen molar-refractivity contribution in [3.05, 3.63) is 48.6 Å². The highest BCUT2D eigenvalue weighted by molar-refractivity contribution is 5.77. The highest BCUT2D eigenvalue weighted by Crippen LogP contribution is 2.18. The average molecular weight is 800 g/mol. The number of carbonyl (C=O) groups excluding carboxylic acids is 2. The van der Waals surface area contributed by atoms with Gasteiger partial charge in [-0.3, -0.25) is 9.59 Å². The number of nitrogens with one attached hydrogen (secondary N) is 1. The lowest BCUT2D eigenvalue weighted by atomic mass is 10.0. The summed E-state index contributed by atoms with van der Waals surface area (Å²) in [6, 6.07) is -0.707. The molecule has 0 saturated carbocycles. The number of carbonyl (C=O) groups is 2. The number of aliphatic hydroxyl groups excluding tert-OH is 2. The number of allylic oxidation sites excluding steroid dienone is 8. The van der Waals surface area contributed by atoms with Crippen molar-refractivity contribution in [2.75, 3.05) is 6.61 Å². The first-order valence-electron chi connectivity index (χ1n) is 24.4. The topological polar surface area (TPSA) is 95.9 Å². The number of ether oxygens (including phenoxy) is 1. The molecule has 57 heavy (non-hydrogen) atoms. The van der Waals surface area contributed by atoms with E-state index < -0.39 is 18.2 Å². The zero-order chi connectivity index (χ0) is 41.7. The third-order valence-electron chi connectivity index (χ3n) is 11.0. The predicted molar refractivity (Wildman–Crippen MR) is 245 cm³/mol. The summed E-state index contributed by atoms with van der Waals surface area (Å²) in [5.41, 5.74) is 0. The number of aliphatic hydroxyl groups is 2. The molecular formula is C51H93NO5. The minimum atomic E-state index is -0.792. The zero-order valence-electron chi connectivity index (χ0n) is 37.7. The summed E-state index contributed by atoms with van der Waals surface area (Å²) in [4.78, 5) is 26.0. The van der Waals surface area contributed by atoms with Gasteiger partial charge in [0.1, 0.15) is 6.10 Å². The van der Waals surface area contributed by atoms with E-state index >= 15 is 0 Å². The fourth-order valence-corrected chi connectivity index (χ4v) is 7.32. The quantitative estimate of drug-likeness (QED) is 0.0324. The number of unbranched alkanes of at least 4 members (excludes halogenated alkanes) is 26. The van der Waals surface area contributed by atoms with Gasteiger partial charge >= 0.3 is 5.97 Å². The molecule has 0 aliphatic rings. The summed E-state index contributed by atoms with van der Waals surface area (Å²) in [6.45, 7) is 6.32. The molecule has 6 heteroatoms. The lowest BCUT2D eigenvalue weighted by Crippen LogP contribution is -2.46. The molecule has 3 atom stereocenters. The summed E-state index contributed by atoms with van der Waals surface area (Å²) < 4.78 is 5.88. The van der Waals surface area contributed by atoms with Crippen molar-refractivity contribution >= 4 is 11.9 Å². The van der Waals surface area contributed by atoms with Crippen LogP contribution in [0.25, 0.3) is 0 Å². The Labute approximate surface area is 353 Å². The third kappa shape index (κ3) is 40.4. The van der Waals surface area contributed by atoms with Crippen LogP contribution in [0.4, 0.5) is 0 Å². The maximum absolute atomic E-state index is 13.1. The highest BCUT2D eigenvalue weighted by Gasteiger charge is 2.24. The Morgan fingerprint density at radius 3 is 1.42 bits per heavy atom. The van der Waals surface area contributed by atoms with Gasteiger partial charge in [-0.15, -0.1) is 0 Å². The summed E-state index contributed by atoms with van der Waals surface area (Å²) >= 11 is 0. The Hall–Kier alpha value is -2.18. The Balaban J connectivity index is 4.50. The lowest BCUT2D eigenvalue weighted by molar-refractivity contribution is -0.151. The van der Waals surface area contributed by atoms with Crippen molar-refractivity contribution in [1.29, 1.82) is 0 Å². The molecule has 0 aliphatic carbocycles. The smallest absolute Gasteiger partial charge is 0.306 e. The van der Waals surface area contributed by atoms with Gasteiger partial charge in [0, 0.05) is 6.42 Å². The lowest BCUT2D eigenvalue weighted by Gasteiger charge is -2.24. The molecule has 3 N–H and O–H groups in total. The normalized spacial score (nSPS) is 13.7. The Morgan fingerprint density at radius 1 is 0.526 bits per heavy atom. The van der Waals surface area contributed by atoms with Gasteiger partial charge in [-0.25, -0.2) is 0 Å². The second-order valence-corrected chi connectivity index (χ2v) is 16.6. The minimum absolute atomic E-state index is 0.0629. The van der Waals surface area contributed by atoms with Crippen molar-refractivity contribution < 1.29 is 24.5 Å². The molecule has 1 amide bonds. The number of rotatable bonds is 43. The van der Waals surface area contributed by atoms with E-state index in [2.05, 4.69) is 50.4 Å². The molecule has 0 aliphatic heterocycles. The SMILES string of the molecule is CC/C=C/C=C/C=C\C=C/CCCCCC(=O)OC(CCCCCCCCCCC)CC(=O)NC(CO)C(O)CCCCCCCCCCCCCCCCCC. The summed E-state index contributed by atoms with van der Waals surface area (Å²) in [5, 5.41) is 23.7. The van der Waals surface area contributed by atoms with Crippen LogP contribution in [0.1, 0.15) is 239 Å². The van der Waals surface area contributed by atoms with E-state index in [1.54, 1.807) is 0 Å². The molecule has 0 fully saturated rings. The van der Waals surface area contributed by atoms with Crippen molar-refractivity contribution in [2.24, 2.45) is 0 Å². The van der Waals surface area contributed by atoms with E-state index in [0.717, 1.165) is 70.6 Å². The van der Waals surface area contributed by atoms with Crippen molar-refractivity contribution in [2.45, 2.75) is 257 Å². The second kappa shape index (κ2) is 44.9. The van der Waals surface area contributed by atoms with Crippen molar-refractivity contribution in [3.8, 4) is 0 Å². The molecule has 0 saturated heterocycles. The molecule has 0 bridgehead atoms. The average Bonchev–Trinajstić information content (AvgIpc) is 3.20. The monoisotopic (exact) mass is 800 g/mol. The van der Waals surface area contributed by atoms with Gasteiger partial charge in [-0.2, -0.15) is 0 Å². The van der Waals surface area contributed by atoms with Crippen LogP contribution in [0.15, 0.2) is 48.6 Å². The van der Waals surface area contributed by atoms with E-state index in [1.807, 2.05) is 24.3 Å². The maximum Gasteiger partial charge on any atom is 0.306 e. The highest BCUT2D eigenvalue weighted by atomic mass is 16.5. The standard InChI is InChI=1S/C51H93NO5/c1-4-7-10-13-16-19-21-23-24-25-27-28-31-34-37-40-43-49(54)48(46-53)52-50(55)45-47(42-39-36-33-30-18-15-12-9-6-3)57-51(56)44-41-38-35-32-29-26-22-20-17-14-11-8-5-2/h8,11,14,17,20,22,26,29,47-49,53-54H,4-7,9-10,12-13,15-16,18-19,21,23-25,27-28,30-46H2,1-3H3,(H,52,55)/b11-8+,17-14+,22-20-,29-26-. The van der Waals surface area contributed by atoms with E-state index in [9.17, 15) is 19.8 Å². The fourth-order valence-electron chi connectivity index (χ4n) is 7.32. The molecular weight excluding hydrogens is 707 g/mol. The van der Waals surface area contributed by atoms with Crippen LogP contribution >= 0.6 is 0 Å². The van der Waals surface area contributed by atoms with Crippen molar-refractivity contribution in [3.63, 3.8) is 0 Å². The Bertz CT molecular complexity index is 988. The number of hydrogen-bond acceptors (Lipinski definition) is 5. The molecule has 0 spiro atoms. The molecule has 0 aromatic heterocycles. The molecule has 0 radical (unpaired) electrons. The van der Waals surface area contributed by atoms with E-state index in [-0.39, 0.29) is 24.9 Å². The molecule has 0 rings (SSSR count). The van der Waals surface area contributed by atoms with Crippen LogP contribution in [0.3, 0.4) is 0 Å². The molecule has 0 aromatic carbocycles. The van der Waals surface area contributed by atoms with Gasteiger partial charge in [0.2, 0.25) is 5.91 Å². The molecule has 0 aromatic rings. The maximum atomic E-state index is 13.1. The molecule has 3 unspecified atom stereocenters. The Kier molecular flexibility index (Phi) is 43.2. The second-order valence-electron chi connectivity index (χ2n) is 16.6. The van der Waals surface area contributed by atoms with Crippen LogP contribution in [-0.2, 0) is 14.3 Å². The third-order valence-corrected chi connectivity index (χ3v) is 11.0. The van der Waals surface area contributed by atoms with Gasteiger partial charge in [0.15, 0.2) is 0 Å². The summed E-state index contributed by atoms with van der Waals surface area (Å²) in [7, 11) is 0. The van der Waals surface area contributed by atoms with Crippen LogP contribution in [-0.4, -0.2) is 46.9 Å². The van der Waals surface area contributed by atoms with Gasteiger partial charge in [-0.05, 0) is 44.9 Å².